The lowest BCUT2D eigenvalue weighted by Crippen LogP contribution is -2.26. The zero-order chi connectivity index (χ0) is 13.7. The van der Waals surface area contributed by atoms with Crippen LogP contribution in [0.1, 0.15) is 57.8 Å². The van der Waals surface area contributed by atoms with Crippen molar-refractivity contribution in [1.29, 1.82) is 0 Å². The molecule has 0 aliphatic heterocycles. The van der Waals surface area contributed by atoms with E-state index in [2.05, 4.69) is 42.6 Å². The van der Waals surface area contributed by atoms with Gasteiger partial charge in [0.15, 0.2) is 0 Å². The minimum Gasteiger partial charge on any atom is -0.357 e. The number of aromatic nitrogens is 2. The van der Waals surface area contributed by atoms with Gasteiger partial charge < -0.3 is 4.90 Å². The Morgan fingerprint density at radius 2 is 1.89 bits per heavy atom. The maximum absolute atomic E-state index is 6.22. The molecule has 1 aromatic heterocycles. The Kier molecular flexibility index (Phi) is 5.86. The SMILES string of the molecule is CCCCN(CC)c1nc(C(C)C)nc(Cl)c1C. The summed E-state index contributed by atoms with van der Waals surface area (Å²) in [5, 5.41) is 0.582. The number of halogens is 1. The molecule has 0 amide bonds. The largest absolute Gasteiger partial charge is 0.357 e. The van der Waals surface area contributed by atoms with Gasteiger partial charge in [-0.3, -0.25) is 0 Å². The lowest BCUT2D eigenvalue weighted by atomic mass is 10.2. The van der Waals surface area contributed by atoms with Crippen LogP contribution in [0.4, 0.5) is 5.82 Å². The van der Waals surface area contributed by atoms with Crippen molar-refractivity contribution in [1.82, 2.24) is 9.97 Å². The van der Waals surface area contributed by atoms with Crippen molar-refractivity contribution in [2.45, 2.75) is 53.4 Å². The van der Waals surface area contributed by atoms with Crippen LogP contribution in [0.2, 0.25) is 5.15 Å². The number of unbranched alkanes of at least 4 members (excludes halogenated alkanes) is 1. The molecule has 0 unspecified atom stereocenters. The molecule has 0 aliphatic rings. The topological polar surface area (TPSA) is 29.0 Å². The fourth-order valence-electron chi connectivity index (χ4n) is 1.82. The van der Waals surface area contributed by atoms with Crippen molar-refractivity contribution in [2.24, 2.45) is 0 Å². The number of nitrogens with zero attached hydrogens (tertiary/aromatic N) is 3. The monoisotopic (exact) mass is 269 g/mol. The Morgan fingerprint density at radius 1 is 1.22 bits per heavy atom. The van der Waals surface area contributed by atoms with Crippen molar-refractivity contribution >= 4 is 17.4 Å². The van der Waals surface area contributed by atoms with Crippen molar-refractivity contribution in [3.8, 4) is 0 Å². The summed E-state index contributed by atoms with van der Waals surface area (Å²) in [5.74, 6) is 2.12. The molecule has 0 N–H and O–H groups in total. The number of anilines is 1. The molecular formula is C14H24ClN3. The average Bonchev–Trinajstić information content (AvgIpc) is 2.34. The standard InChI is InChI=1S/C14H24ClN3/c1-6-8-9-18(7-2)14-11(5)12(15)16-13(17-14)10(3)4/h10H,6-9H2,1-5H3. The average molecular weight is 270 g/mol. The Labute approximate surface area is 116 Å². The molecule has 1 heterocycles. The van der Waals surface area contributed by atoms with E-state index in [0.717, 1.165) is 30.3 Å². The highest BCUT2D eigenvalue weighted by atomic mass is 35.5. The highest BCUT2D eigenvalue weighted by Crippen LogP contribution is 2.26. The molecule has 0 atom stereocenters. The summed E-state index contributed by atoms with van der Waals surface area (Å²) < 4.78 is 0. The van der Waals surface area contributed by atoms with Gasteiger partial charge in [0.05, 0.1) is 0 Å². The van der Waals surface area contributed by atoms with Crippen molar-refractivity contribution in [3.05, 3.63) is 16.5 Å². The first-order chi connectivity index (χ1) is 8.51. The van der Waals surface area contributed by atoms with Gasteiger partial charge in [0.2, 0.25) is 0 Å². The van der Waals surface area contributed by atoms with E-state index < -0.39 is 0 Å². The van der Waals surface area contributed by atoms with Gasteiger partial charge in [-0.1, -0.05) is 38.8 Å². The van der Waals surface area contributed by atoms with Crippen molar-refractivity contribution < 1.29 is 0 Å². The normalized spacial score (nSPS) is 11.1. The van der Waals surface area contributed by atoms with E-state index in [1.807, 2.05) is 6.92 Å². The fourth-order valence-corrected chi connectivity index (χ4v) is 1.99. The Bertz CT molecular complexity index is 391. The highest BCUT2D eigenvalue weighted by molar-refractivity contribution is 6.30. The second-order valence-corrected chi connectivity index (χ2v) is 5.27. The van der Waals surface area contributed by atoms with E-state index in [4.69, 9.17) is 11.6 Å². The van der Waals surface area contributed by atoms with Crippen LogP contribution in [-0.2, 0) is 0 Å². The number of rotatable bonds is 6. The first-order valence-corrected chi connectivity index (χ1v) is 7.18. The third-order valence-corrected chi connectivity index (χ3v) is 3.43. The zero-order valence-electron chi connectivity index (χ0n) is 12.1. The molecule has 0 aliphatic carbocycles. The lowest BCUT2D eigenvalue weighted by Gasteiger charge is -2.24. The molecule has 0 aromatic carbocycles. The molecule has 1 rings (SSSR count). The molecule has 4 heteroatoms. The number of hydrogen-bond donors (Lipinski definition) is 0. The predicted octanol–water partition coefficient (Wildman–Crippen LogP) is 4.19. The van der Waals surface area contributed by atoms with Crippen LogP contribution in [-0.4, -0.2) is 23.1 Å². The van der Waals surface area contributed by atoms with Gasteiger partial charge in [-0.15, -0.1) is 0 Å². The molecule has 0 saturated heterocycles. The van der Waals surface area contributed by atoms with Crippen LogP contribution >= 0.6 is 11.6 Å². The summed E-state index contributed by atoms with van der Waals surface area (Å²) in [4.78, 5) is 11.3. The summed E-state index contributed by atoms with van der Waals surface area (Å²) in [5.41, 5.74) is 0.985. The first-order valence-electron chi connectivity index (χ1n) is 6.80. The van der Waals surface area contributed by atoms with E-state index in [-0.39, 0.29) is 0 Å². The minimum atomic E-state index is 0.298. The summed E-state index contributed by atoms with van der Waals surface area (Å²) in [6.45, 7) is 12.5. The third kappa shape index (κ3) is 3.58. The molecular weight excluding hydrogens is 246 g/mol. The maximum Gasteiger partial charge on any atom is 0.137 e. The maximum atomic E-state index is 6.22. The van der Waals surface area contributed by atoms with Gasteiger partial charge in [0, 0.05) is 24.6 Å². The zero-order valence-corrected chi connectivity index (χ0v) is 12.9. The second kappa shape index (κ2) is 6.93. The van der Waals surface area contributed by atoms with Crippen LogP contribution in [0.25, 0.3) is 0 Å². The molecule has 1 aromatic rings. The molecule has 0 spiro atoms. The Hall–Kier alpha value is -0.830. The molecule has 0 radical (unpaired) electrons. The van der Waals surface area contributed by atoms with E-state index in [1.54, 1.807) is 0 Å². The van der Waals surface area contributed by atoms with Gasteiger partial charge in [0.1, 0.15) is 16.8 Å². The summed E-state index contributed by atoms with van der Waals surface area (Å²) in [6, 6.07) is 0. The smallest absolute Gasteiger partial charge is 0.137 e. The van der Waals surface area contributed by atoms with E-state index in [9.17, 15) is 0 Å². The molecule has 0 saturated carbocycles. The summed E-state index contributed by atoms with van der Waals surface area (Å²) >= 11 is 6.22. The predicted molar refractivity (Wildman–Crippen MR) is 78.7 cm³/mol. The number of hydrogen-bond acceptors (Lipinski definition) is 3. The van der Waals surface area contributed by atoms with E-state index in [1.165, 1.54) is 12.8 Å². The molecule has 18 heavy (non-hydrogen) atoms. The van der Waals surface area contributed by atoms with Gasteiger partial charge >= 0.3 is 0 Å². The minimum absolute atomic E-state index is 0.298. The van der Waals surface area contributed by atoms with Crippen LogP contribution in [0.5, 0.6) is 0 Å². The van der Waals surface area contributed by atoms with E-state index in [0.29, 0.717) is 11.1 Å². The van der Waals surface area contributed by atoms with Gasteiger partial charge in [-0.2, -0.15) is 0 Å². The van der Waals surface area contributed by atoms with Crippen LogP contribution in [0.15, 0.2) is 0 Å². The summed E-state index contributed by atoms with van der Waals surface area (Å²) in [7, 11) is 0. The van der Waals surface area contributed by atoms with Crippen LogP contribution < -0.4 is 4.90 Å². The summed E-state index contributed by atoms with van der Waals surface area (Å²) in [6.07, 6.45) is 2.36. The van der Waals surface area contributed by atoms with Crippen LogP contribution in [0, 0.1) is 6.92 Å². The molecule has 0 fully saturated rings. The lowest BCUT2D eigenvalue weighted by molar-refractivity contribution is 0.705. The third-order valence-electron chi connectivity index (χ3n) is 3.06. The molecule has 3 nitrogen and oxygen atoms in total. The highest BCUT2D eigenvalue weighted by Gasteiger charge is 2.15. The van der Waals surface area contributed by atoms with Gasteiger partial charge in [-0.25, -0.2) is 9.97 Å². The first kappa shape index (κ1) is 15.2. The van der Waals surface area contributed by atoms with E-state index >= 15 is 0 Å². The molecule has 102 valence electrons. The molecule has 0 bridgehead atoms. The quantitative estimate of drug-likeness (QED) is 0.725. The fraction of sp³-hybridized carbons (Fsp3) is 0.714. The second-order valence-electron chi connectivity index (χ2n) is 4.91. The Balaban J connectivity index is 3.11. The van der Waals surface area contributed by atoms with Crippen molar-refractivity contribution in [3.63, 3.8) is 0 Å². The van der Waals surface area contributed by atoms with Crippen LogP contribution in [0.3, 0.4) is 0 Å². The van der Waals surface area contributed by atoms with Crippen molar-refractivity contribution in [2.75, 3.05) is 18.0 Å². The Morgan fingerprint density at radius 3 is 2.39 bits per heavy atom. The van der Waals surface area contributed by atoms with Gasteiger partial charge in [-0.05, 0) is 20.3 Å². The van der Waals surface area contributed by atoms with Gasteiger partial charge in [0.25, 0.3) is 0 Å².